The number of carbonyl (C=O) groups excluding carboxylic acids is 1. The number of rotatable bonds is 2. The summed E-state index contributed by atoms with van der Waals surface area (Å²) >= 11 is 0. The predicted octanol–water partition coefficient (Wildman–Crippen LogP) is 0.642. The highest BCUT2D eigenvalue weighted by atomic mass is 16.4. The van der Waals surface area contributed by atoms with E-state index in [4.69, 9.17) is 15.4 Å². The first-order valence-corrected chi connectivity index (χ1v) is 5.77. The van der Waals surface area contributed by atoms with E-state index in [9.17, 15) is 4.79 Å². The zero-order chi connectivity index (χ0) is 13.3. The quantitative estimate of drug-likeness (QED) is 0.348. The van der Waals surface area contributed by atoms with Gasteiger partial charge in [-0.05, 0) is 19.8 Å². The number of amidine groups is 1. The van der Waals surface area contributed by atoms with Gasteiger partial charge in [0.05, 0.1) is 11.7 Å². The van der Waals surface area contributed by atoms with Crippen molar-refractivity contribution in [2.45, 2.75) is 32.7 Å². The molecule has 1 unspecified atom stereocenters. The van der Waals surface area contributed by atoms with Gasteiger partial charge in [-0.2, -0.15) is 0 Å². The number of oxime groups is 1. The summed E-state index contributed by atoms with van der Waals surface area (Å²) < 4.78 is 5.30. The molecule has 0 aromatic carbocycles. The fraction of sp³-hybridized carbons (Fsp3) is 0.545. The Morgan fingerprint density at radius 3 is 2.89 bits per heavy atom. The fourth-order valence-electron chi connectivity index (χ4n) is 2.24. The van der Waals surface area contributed by atoms with Crippen molar-refractivity contribution < 1.29 is 14.4 Å². The largest absolute Gasteiger partial charge is 0.436 e. The van der Waals surface area contributed by atoms with E-state index >= 15 is 0 Å². The van der Waals surface area contributed by atoms with Gasteiger partial charge in [-0.3, -0.25) is 4.79 Å². The molecule has 1 aliphatic rings. The molecule has 2 heterocycles. The highest BCUT2D eigenvalue weighted by Gasteiger charge is 2.34. The van der Waals surface area contributed by atoms with Crippen LogP contribution in [0.15, 0.2) is 9.57 Å². The van der Waals surface area contributed by atoms with Gasteiger partial charge in [-0.25, -0.2) is 4.98 Å². The molecule has 1 fully saturated rings. The molecule has 7 heteroatoms. The van der Waals surface area contributed by atoms with Crippen LogP contribution >= 0.6 is 0 Å². The molecule has 98 valence electrons. The zero-order valence-corrected chi connectivity index (χ0v) is 10.4. The number of carbonyl (C=O) groups is 1. The number of aromatic nitrogens is 1. The molecule has 2 rings (SSSR count). The number of hydrogen-bond acceptors (Lipinski definition) is 5. The minimum atomic E-state index is -0.368. The van der Waals surface area contributed by atoms with Gasteiger partial charge in [0.15, 0.2) is 11.7 Å². The van der Waals surface area contributed by atoms with Gasteiger partial charge in [0.25, 0.3) is 5.91 Å². The lowest BCUT2D eigenvalue weighted by Crippen LogP contribution is -2.44. The van der Waals surface area contributed by atoms with E-state index in [1.807, 2.05) is 0 Å². The Hall–Kier alpha value is -2.05. The van der Waals surface area contributed by atoms with Gasteiger partial charge in [-0.1, -0.05) is 5.16 Å². The molecule has 0 saturated carbocycles. The number of likely N-dealkylation sites (tertiary alicyclic amines) is 1. The lowest BCUT2D eigenvalue weighted by molar-refractivity contribution is 0.0733. The van der Waals surface area contributed by atoms with Gasteiger partial charge in [0, 0.05) is 13.5 Å². The van der Waals surface area contributed by atoms with Gasteiger partial charge < -0.3 is 20.3 Å². The maximum Gasteiger partial charge on any atom is 0.292 e. The molecule has 1 amide bonds. The van der Waals surface area contributed by atoms with E-state index in [1.54, 1.807) is 18.7 Å². The highest BCUT2D eigenvalue weighted by molar-refractivity contribution is 5.97. The summed E-state index contributed by atoms with van der Waals surface area (Å²) in [5.41, 5.74) is 6.15. The number of amides is 1. The van der Waals surface area contributed by atoms with Gasteiger partial charge in [-0.15, -0.1) is 0 Å². The molecule has 0 spiro atoms. The van der Waals surface area contributed by atoms with Crippen LogP contribution in [0.25, 0.3) is 0 Å². The molecule has 1 atom stereocenters. The molecule has 1 saturated heterocycles. The second-order valence-electron chi connectivity index (χ2n) is 4.33. The van der Waals surface area contributed by atoms with Crippen molar-refractivity contribution in [1.29, 1.82) is 0 Å². The molecular formula is C11H16N4O3. The number of aryl methyl sites for hydroxylation is 2. The average molecular weight is 252 g/mol. The smallest absolute Gasteiger partial charge is 0.292 e. The summed E-state index contributed by atoms with van der Waals surface area (Å²) in [6.45, 7) is 3.98. The normalized spacial score (nSPS) is 20.4. The second kappa shape index (κ2) is 4.67. The SMILES string of the molecule is Cc1nc(C)c(C(=O)N2CCCC2C(N)=NO)o1. The maximum atomic E-state index is 12.3. The van der Waals surface area contributed by atoms with Crippen LogP contribution in [-0.4, -0.2) is 39.4 Å². The second-order valence-corrected chi connectivity index (χ2v) is 4.33. The van der Waals surface area contributed by atoms with Crippen LogP contribution in [0.4, 0.5) is 0 Å². The Bertz CT molecular complexity index is 494. The van der Waals surface area contributed by atoms with E-state index in [1.165, 1.54) is 0 Å². The van der Waals surface area contributed by atoms with Gasteiger partial charge in [0.1, 0.15) is 0 Å². The number of nitrogens with zero attached hydrogens (tertiary/aromatic N) is 3. The molecule has 1 aliphatic heterocycles. The van der Waals surface area contributed by atoms with E-state index in [2.05, 4.69) is 10.1 Å². The van der Waals surface area contributed by atoms with Crippen molar-refractivity contribution in [1.82, 2.24) is 9.88 Å². The van der Waals surface area contributed by atoms with E-state index in [-0.39, 0.29) is 23.5 Å². The fourth-order valence-corrected chi connectivity index (χ4v) is 2.24. The molecule has 0 aliphatic carbocycles. The first-order chi connectivity index (χ1) is 8.54. The molecular weight excluding hydrogens is 236 g/mol. The highest BCUT2D eigenvalue weighted by Crippen LogP contribution is 2.22. The lowest BCUT2D eigenvalue weighted by atomic mass is 10.2. The Kier molecular flexibility index (Phi) is 3.22. The first-order valence-electron chi connectivity index (χ1n) is 5.77. The van der Waals surface area contributed by atoms with E-state index < -0.39 is 0 Å². The van der Waals surface area contributed by atoms with Crippen LogP contribution in [0.1, 0.15) is 35.0 Å². The molecule has 18 heavy (non-hydrogen) atoms. The van der Waals surface area contributed by atoms with Crippen LogP contribution in [-0.2, 0) is 0 Å². The minimum absolute atomic E-state index is 0.0507. The van der Waals surface area contributed by atoms with Gasteiger partial charge in [0.2, 0.25) is 5.76 Å². The third-order valence-electron chi connectivity index (χ3n) is 3.07. The van der Waals surface area contributed by atoms with Crippen molar-refractivity contribution in [3.63, 3.8) is 0 Å². The topological polar surface area (TPSA) is 105 Å². The number of hydrogen-bond donors (Lipinski definition) is 2. The summed E-state index contributed by atoms with van der Waals surface area (Å²) in [7, 11) is 0. The Balaban J connectivity index is 2.26. The van der Waals surface area contributed by atoms with Crippen LogP contribution in [0, 0.1) is 13.8 Å². The van der Waals surface area contributed by atoms with Gasteiger partial charge >= 0.3 is 0 Å². The third kappa shape index (κ3) is 2.03. The molecule has 3 N–H and O–H groups in total. The number of oxazole rings is 1. The van der Waals surface area contributed by atoms with Crippen molar-refractivity contribution in [3.05, 3.63) is 17.3 Å². The monoisotopic (exact) mass is 252 g/mol. The summed E-state index contributed by atoms with van der Waals surface area (Å²) in [4.78, 5) is 17.9. The van der Waals surface area contributed by atoms with Crippen molar-refractivity contribution in [2.75, 3.05) is 6.54 Å². The van der Waals surface area contributed by atoms with Crippen molar-refractivity contribution in [3.8, 4) is 0 Å². The standard InChI is InChI=1S/C11H16N4O3/c1-6-9(18-7(2)13-6)11(16)15-5-3-4-8(15)10(12)14-17/h8,17H,3-5H2,1-2H3,(H2,12,14). The van der Waals surface area contributed by atoms with Crippen LogP contribution in [0.2, 0.25) is 0 Å². The summed E-state index contributed by atoms with van der Waals surface area (Å²) in [5.74, 6) is 0.470. The van der Waals surface area contributed by atoms with Crippen molar-refractivity contribution >= 4 is 11.7 Å². The Morgan fingerprint density at radius 2 is 2.33 bits per heavy atom. The first kappa shape index (κ1) is 12.4. The van der Waals surface area contributed by atoms with Crippen molar-refractivity contribution in [2.24, 2.45) is 10.9 Å². The number of nitrogens with two attached hydrogens (primary N) is 1. The summed E-state index contributed by atoms with van der Waals surface area (Å²) in [5, 5.41) is 11.7. The van der Waals surface area contributed by atoms with E-state index in [0.29, 0.717) is 24.6 Å². The lowest BCUT2D eigenvalue weighted by Gasteiger charge is -2.22. The summed E-state index contributed by atoms with van der Waals surface area (Å²) in [6, 6.07) is -0.368. The average Bonchev–Trinajstić information content (AvgIpc) is 2.94. The summed E-state index contributed by atoms with van der Waals surface area (Å²) in [6.07, 6.45) is 1.51. The molecule has 1 aromatic heterocycles. The predicted molar refractivity (Wildman–Crippen MR) is 63.4 cm³/mol. The molecule has 0 radical (unpaired) electrons. The molecule has 1 aromatic rings. The minimum Gasteiger partial charge on any atom is -0.436 e. The third-order valence-corrected chi connectivity index (χ3v) is 3.07. The maximum absolute atomic E-state index is 12.3. The molecule has 0 bridgehead atoms. The Labute approximate surface area is 104 Å². The van der Waals surface area contributed by atoms with Crippen LogP contribution in [0.5, 0.6) is 0 Å². The Morgan fingerprint density at radius 1 is 1.61 bits per heavy atom. The van der Waals surface area contributed by atoms with Crippen LogP contribution in [0.3, 0.4) is 0 Å². The van der Waals surface area contributed by atoms with E-state index in [0.717, 1.165) is 6.42 Å². The van der Waals surface area contributed by atoms with Crippen LogP contribution < -0.4 is 5.73 Å². The molecule has 7 nitrogen and oxygen atoms in total. The zero-order valence-electron chi connectivity index (χ0n) is 10.4.